The molecule has 1 fully saturated rings. The fourth-order valence-electron chi connectivity index (χ4n) is 2.56. The van der Waals surface area contributed by atoms with E-state index in [-0.39, 0.29) is 6.04 Å². The van der Waals surface area contributed by atoms with Crippen molar-refractivity contribution in [1.29, 1.82) is 0 Å². The minimum Gasteiger partial charge on any atom is -0.329 e. The summed E-state index contributed by atoms with van der Waals surface area (Å²) in [5.74, 6) is 0. The van der Waals surface area contributed by atoms with Crippen LogP contribution in [0.2, 0.25) is 0 Å². The first-order chi connectivity index (χ1) is 8.59. The molecule has 2 aromatic rings. The number of hydrogen-bond donors (Lipinski definition) is 1. The Bertz CT molecular complexity index is 542. The molecule has 1 heterocycles. The van der Waals surface area contributed by atoms with Crippen LogP contribution in [0.4, 0.5) is 0 Å². The number of hydrogen-bond acceptors (Lipinski definition) is 2. The van der Waals surface area contributed by atoms with Crippen molar-refractivity contribution >= 4 is 0 Å². The van der Waals surface area contributed by atoms with Crippen molar-refractivity contribution in [2.75, 3.05) is 0 Å². The Kier molecular flexibility index (Phi) is 2.52. The summed E-state index contributed by atoms with van der Waals surface area (Å²) in [6.45, 7) is 4.57. The Balaban J connectivity index is 1.92. The predicted molar refractivity (Wildman–Crippen MR) is 72.1 cm³/mol. The van der Waals surface area contributed by atoms with E-state index in [0.29, 0.717) is 11.5 Å². The average molecular weight is 241 g/mol. The van der Waals surface area contributed by atoms with E-state index in [2.05, 4.69) is 35.5 Å². The van der Waals surface area contributed by atoms with Gasteiger partial charge in [0.25, 0.3) is 0 Å². The highest BCUT2D eigenvalue weighted by Crippen LogP contribution is 2.56. The van der Waals surface area contributed by atoms with Gasteiger partial charge in [-0.2, -0.15) is 0 Å². The lowest BCUT2D eigenvalue weighted by atomic mass is 10.0. The molecular formula is C15H19N3. The Morgan fingerprint density at radius 1 is 1.33 bits per heavy atom. The highest BCUT2D eigenvalue weighted by molar-refractivity contribution is 5.27. The molecule has 1 aromatic carbocycles. The molecule has 2 unspecified atom stereocenters. The molecule has 1 saturated carbocycles. The third-order valence-corrected chi connectivity index (χ3v) is 3.97. The number of nitrogens with two attached hydrogens (primary N) is 1. The average Bonchev–Trinajstić information content (AvgIpc) is 2.79. The largest absolute Gasteiger partial charge is 0.329 e. The Labute approximate surface area is 108 Å². The first-order valence-electron chi connectivity index (χ1n) is 6.42. The lowest BCUT2D eigenvalue weighted by Gasteiger charge is -2.16. The smallest absolute Gasteiger partial charge is 0.0951 e. The van der Waals surface area contributed by atoms with Crippen molar-refractivity contribution in [3.05, 3.63) is 54.1 Å². The zero-order valence-corrected chi connectivity index (χ0v) is 10.9. The number of imidazole rings is 1. The van der Waals surface area contributed by atoms with Crippen molar-refractivity contribution in [2.24, 2.45) is 11.1 Å². The molecule has 0 aliphatic heterocycles. The summed E-state index contributed by atoms with van der Waals surface area (Å²) in [7, 11) is 0. The van der Waals surface area contributed by atoms with E-state index in [0.717, 1.165) is 11.3 Å². The molecule has 0 spiro atoms. The highest BCUT2D eigenvalue weighted by atomic mass is 15.1. The van der Waals surface area contributed by atoms with Crippen molar-refractivity contribution in [3.8, 4) is 0 Å². The lowest BCUT2D eigenvalue weighted by molar-refractivity contribution is 0.523. The van der Waals surface area contributed by atoms with E-state index in [1.54, 1.807) is 0 Å². The molecule has 0 amide bonds. The van der Waals surface area contributed by atoms with Crippen LogP contribution in [0.15, 0.2) is 42.9 Å². The zero-order valence-electron chi connectivity index (χ0n) is 10.9. The topological polar surface area (TPSA) is 43.8 Å². The van der Waals surface area contributed by atoms with Gasteiger partial charge in [0.15, 0.2) is 0 Å². The molecule has 1 aromatic heterocycles. The highest BCUT2D eigenvalue weighted by Gasteiger charge is 2.47. The number of aromatic nitrogens is 2. The van der Waals surface area contributed by atoms with Crippen LogP contribution in [-0.4, -0.2) is 9.55 Å². The Morgan fingerprint density at radius 2 is 2.00 bits per heavy atom. The molecular weight excluding hydrogens is 222 g/mol. The minimum atomic E-state index is -0.0925. The third-order valence-electron chi connectivity index (χ3n) is 3.97. The van der Waals surface area contributed by atoms with Gasteiger partial charge < -0.3 is 10.3 Å². The molecule has 0 bridgehead atoms. The van der Waals surface area contributed by atoms with E-state index in [9.17, 15) is 0 Å². The fraction of sp³-hybridized carbons (Fsp3) is 0.400. The van der Waals surface area contributed by atoms with Crippen LogP contribution >= 0.6 is 0 Å². The summed E-state index contributed by atoms with van der Waals surface area (Å²) in [6.07, 6.45) is 5.02. The van der Waals surface area contributed by atoms with Crippen LogP contribution in [0.5, 0.6) is 0 Å². The molecule has 0 radical (unpaired) electrons. The van der Waals surface area contributed by atoms with Crippen molar-refractivity contribution in [2.45, 2.75) is 32.4 Å². The predicted octanol–water partition coefficient (Wildman–Crippen LogP) is 2.90. The van der Waals surface area contributed by atoms with Gasteiger partial charge in [0.2, 0.25) is 0 Å². The molecule has 2 N–H and O–H groups in total. The quantitative estimate of drug-likeness (QED) is 0.898. The number of rotatable bonds is 3. The van der Waals surface area contributed by atoms with Crippen molar-refractivity contribution in [1.82, 2.24) is 9.55 Å². The summed E-state index contributed by atoms with van der Waals surface area (Å²) in [5.41, 5.74) is 8.98. The van der Waals surface area contributed by atoms with E-state index in [1.807, 2.05) is 30.7 Å². The maximum absolute atomic E-state index is 6.35. The molecule has 3 rings (SSSR count). The summed E-state index contributed by atoms with van der Waals surface area (Å²) < 4.78 is 2.25. The Morgan fingerprint density at radius 3 is 2.61 bits per heavy atom. The number of benzene rings is 1. The maximum atomic E-state index is 6.35. The SMILES string of the molecule is CC1(C)CC1n1cncc1C(N)c1ccccc1. The monoisotopic (exact) mass is 241 g/mol. The second kappa shape index (κ2) is 3.95. The number of nitrogens with zero attached hydrogens (tertiary/aromatic N) is 2. The summed E-state index contributed by atoms with van der Waals surface area (Å²) >= 11 is 0. The standard InChI is InChI=1S/C15H19N3/c1-15(2)8-13(15)18-10-17-9-12(18)14(16)11-6-4-3-5-7-11/h3-7,9-10,13-14H,8,16H2,1-2H3. The van der Waals surface area contributed by atoms with Gasteiger partial charge in [-0.25, -0.2) is 4.98 Å². The van der Waals surface area contributed by atoms with Crippen LogP contribution in [0.1, 0.15) is 43.6 Å². The molecule has 3 heteroatoms. The van der Waals surface area contributed by atoms with Gasteiger partial charge in [0, 0.05) is 6.04 Å². The van der Waals surface area contributed by atoms with Crippen molar-refractivity contribution in [3.63, 3.8) is 0 Å². The van der Waals surface area contributed by atoms with E-state index < -0.39 is 0 Å². The first-order valence-corrected chi connectivity index (χ1v) is 6.42. The van der Waals surface area contributed by atoms with Gasteiger partial charge >= 0.3 is 0 Å². The van der Waals surface area contributed by atoms with Crippen LogP contribution < -0.4 is 5.73 Å². The molecule has 18 heavy (non-hydrogen) atoms. The van der Waals surface area contributed by atoms with E-state index >= 15 is 0 Å². The normalized spacial score (nSPS) is 22.7. The minimum absolute atomic E-state index is 0.0925. The summed E-state index contributed by atoms with van der Waals surface area (Å²) in [4.78, 5) is 4.28. The van der Waals surface area contributed by atoms with Gasteiger partial charge in [-0.15, -0.1) is 0 Å². The lowest BCUT2D eigenvalue weighted by Crippen LogP contribution is -2.16. The van der Waals surface area contributed by atoms with E-state index in [1.165, 1.54) is 6.42 Å². The van der Waals surface area contributed by atoms with Crippen LogP contribution in [0.3, 0.4) is 0 Å². The van der Waals surface area contributed by atoms with Crippen molar-refractivity contribution < 1.29 is 0 Å². The van der Waals surface area contributed by atoms with Crippen LogP contribution in [-0.2, 0) is 0 Å². The van der Waals surface area contributed by atoms with Gasteiger partial charge in [0.1, 0.15) is 0 Å². The molecule has 3 nitrogen and oxygen atoms in total. The van der Waals surface area contributed by atoms with Gasteiger partial charge in [-0.3, -0.25) is 0 Å². The van der Waals surface area contributed by atoms with Gasteiger partial charge in [-0.1, -0.05) is 44.2 Å². The second-order valence-electron chi connectivity index (χ2n) is 5.82. The van der Waals surface area contributed by atoms with E-state index in [4.69, 9.17) is 5.73 Å². The Hall–Kier alpha value is -1.61. The van der Waals surface area contributed by atoms with Crippen LogP contribution in [0.25, 0.3) is 0 Å². The molecule has 0 saturated heterocycles. The second-order valence-corrected chi connectivity index (χ2v) is 5.82. The molecule has 2 atom stereocenters. The summed E-state index contributed by atoms with van der Waals surface area (Å²) in [5, 5.41) is 0. The maximum Gasteiger partial charge on any atom is 0.0951 e. The fourth-order valence-corrected chi connectivity index (χ4v) is 2.56. The molecule has 94 valence electrons. The summed E-state index contributed by atoms with van der Waals surface area (Å²) in [6, 6.07) is 10.7. The van der Waals surface area contributed by atoms with Gasteiger partial charge in [-0.05, 0) is 17.4 Å². The first kappa shape index (κ1) is 11.5. The third kappa shape index (κ3) is 1.85. The zero-order chi connectivity index (χ0) is 12.8. The van der Waals surface area contributed by atoms with Crippen LogP contribution in [0, 0.1) is 5.41 Å². The van der Waals surface area contributed by atoms with Gasteiger partial charge in [0.05, 0.1) is 24.3 Å². The molecule has 1 aliphatic rings. The molecule has 1 aliphatic carbocycles.